The molecule has 3 aliphatic rings. The van der Waals surface area contributed by atoms with E-state index in [-0.39, 0.29) is 35.9 Å². The standard InChI is InChI=1S/C35H52N6O5Si/c1-23(2)9-7-10-24(3)14-19-41-30-13-12-26(37-33(43)29-11-8-17-36-29)21-28(30)35(34(41)44)25(4)32(47(5,6)45)31(46-35)15-18-40-22-27(16-20-42)38-39-40/h9,12-14,21-22,25,29,31-32,36,42,45H,7-8,10-11,15-20H2,1-6H3,(H,37,43)/b24-14+/t25-,29+,31+,32-,35+/m0/s1. The third kappa shape index (κ3) is 7.46. The van der Waals surface area contributed by atoms with Gasteiger partial charge in [0, 0.05) is 55.0 Å². The molecule has 0 aliphatic carbocycles. The van der Waals surface area contributed by atoms with E-state index >= 15 is 0 Å². The highest BCUT2D eigenvalue weighted by molar-refractivity contribution is 6.71. The van der Waals surface area contributed by atoms with Gasteiger partial charge in [-0.1, -0.05) is 35.4 Å². The van der Waals surface area contributed by atoms with E-state index in [1.807, 2.05) is 49.3 Å². The molecule has 256 valence electrons. The Hall–Kier alpha value is -3.16. The minimum absolute atomic E-state index is 0.00135. The smallest absolute Gasteiger partial charge is 0.264 e. The van der Waals surface area contributed by atoms with Crippen molar-refractivity contribution >= 4 is 31.5 Å². The minimum atomic E-state index is -2.85. The van der Waals surface area contributed by atoms with Gasteiger partial charge in [-0.05, 0) is 90.7 Å². The Bertz CT molecular complexity index is 1510. The van der Waals surface area contributed by atoms with Gasteiger partial charge in [-0.3, -0.25) is 14.3 Å². The van der Waals surface area contributed by atoms with Crippen LogP contribution in [0.1, 0.15) is 71.1 Å². The molecule has 0 radical (unpaired) electrons. The van der Waals surface area contributed by atoms with Crippen LogP contribution in [0.4, 0.5) is 11.4 Å². The summed E-state index contributed by atoms with van der Waals surface area (Å²) in [5.74, 6) is -0.534. The zero-order chi connectivity index (χ0) is 33.9. The summed E-state index contributed by atoms with van der Waals surface area (Å²) < 4.78 is 8.73. The average Bonchev–Trinajstić information content (AvgIpc) is 3.79. The number of anilines is 2. The maximum Gasteiger partial charge on any atom is 0.264 e. The van der Waals surface area contributed by atoms with Gasteiger partial charge in [0.2, 0.25) is 5.91 Å². The molecule has 47 heavy (non-hydrogen) atoms. The van der Waals surface area contributed by atoms with Crippen molar-refractivity contribution in [2.75, 3.05) is 29.9 Å². The summed E-state index contributed by atoms with van der Waals surface area (Å²) in [5, 5.41) is 24.0. The third-order valence-electron chi connectivity index (χ3n) is 9.94. The van der Waals surface area contributed by atoms with Gasteiger partial charge in [0.1, 0.15) is 0 Å². The number of fused-ring (bicyclic) bond motifs is 2. The fourth-order valence-electron chi connectivity index (χ4n) is 7.62. The molecule has 4 heterocycles. The summed E-state index contributed by atoms with van der Waals surface area (Å²) in [6, 6.07) is 5.46. The number of rotatable bonds is 13. The molecule has 0 saturated carbocycles. The van der Waals surface area contributed by atoms with Gasteiger partial charge in [-0.25, -0.2) is 0 Å². The maximum atomic E-state index is 14.8. The number of carbonyl (C=O) groups is 2. The molecule has 2 amide bonds. The number of carbonyl (C=O) groups excluding carboxylic acids is 2. The predicted octanol–water partition coefficient (Wildman–Crippen LogP) is 4.43. The van der Waals surface area contributed by atoms with E-state index < -0.39 is 20.0 Å². The van der Waals surface area contributed by atoms with E-state index in [0.29, 0.717) is 37.3 Å². The number of nitrogens with zero attached hydrogens (tertiary/aromatic N) is 4. The lowest BCUT2D eigenvalue weighted by molar-refractivity contribution is -0.145. The third-order valence-corrected chi connectivity index (χ3v) is 12.4. The van der Waals surface area contributed by atoms with Crippen LogP contribution in [0.25, 0.3) is 0 Å². The zero-order valence-electron chi connectivity index (χ0n) is 28.8. The SMILES string of the molecule is CC(C)=CCC/C(C)=C/CN1C(=O)[C@]2(O[C@H](CCn3cc(CCO)nn3)[C@@H]([Si](C)(C)O)[C@@H]2C)c2cc(NC(=O)[C@H]3CCCN3)ccc21. The molecule has 5 atom stereocenters. The number of hydrogen-bond donors (Lipinski definition) is 4. The monoisotopic (exact) mass is 664 g/mol. The molecule has 0 unspecified atom stereocenters. The summed E-state index contributed by atoms with van der Waals surface area (Å²) >= 11 is 0. The number of benzene rings is 1. The Kier molecular flexibility index (Phi) is 10.9. The van der Waals surface area contributed by atoms with Gasteiger partial charge >= 0.3 is 0 Å². The van der Waals surface area contributed by atoms with Crippen molar-refractivity contribution in [3.05, 3.63) is 59.0 Å². The molecule has 11 nitrogen and oxygen atoms in total. The Morgan fingerprint density at radius 1 is 1.26 bits per heavy atom. The largest absolute Gasteiger partial charge is 0.432 e. The van der Waals surface area contributed by atoms with Gasteiger partial charge in [0.15, 0.2) is 13.9 Å². The van der Waals surface area contributed by atoms with E-state index in [1.165, 1.54) is 11.1 Å². The van der Waals surface area contributed by atoms with Crippen LogP contribution in [0, 0.1) is 5.92 Å². The minimum Gasteiger partial charge on any atom is -0.432 e. The van der Waals surface area contributed by atoms with Crippen molar-refractivity contribution in [1.29, 1.82) is 0 Å². The molecule has 0 bridgehead atoms. The lowest BCUT2D eigenvalue weighted by Gasteiger charge is -2.32. The molecule has 3 aliphatic heterocycles. The Balaban J connectivity index is 1.48. The zero-order valence-corrected chi connectivity index (χ0v) is 29.8. The summed E-state index contributed by atoms with van der Waals surface area (Å²) in [4.78, 5) is 41.3. The summed E-state index contributed by atoms with van der Waals surface area (Å²) in [5.41, 5.74) is 3.80. The van der Waals surface area contributed by atoms with Gasteiger partial charge in [0.25, 0.3) is 5.91 Å². The van der Waals surface area contributed by atoms with Crippen molar-refractivity contribution in [3.63, 3.8) is 0 Å². The van der Waals surface area contributed by atoms with E-state index in [4.69, 9.17) is 4.74 Å². The normalized spacial score (nSPS) is 25.9. The van der Waals surface area contributed by atoms with Crippen molar-refractivity contribution in [2.24, 2.45) is 5.92 Å². The van der Waals surface area contributed by atoms with Crippen LogP contribution < -0.4 is 15.5 Å². The second-order valence-corrected chi connectivity index (χ2v) is 18.2. The van der Waals surface area contributed by atoms with Crippen molar-refractivity contribution in [3.8, 4) is 0 Å². The van der Waals surface area contributed by atoms with Crippen LogP contribution in [0.3, 0.4) is 0 Å². The fourth-order valence-corrected chi connectivity index (χ4v) is 10.2. The molecule has 2 saturated heterocycles. The van der Waals surface area contributed by atoms with Crippen LogP contribution in [-0.2, 0) is 32.9 Å². The first kappa shape index (κ1) is 35.2. The molecule has 4 N–H and O–H groups in total. The number of hydrogen-bond acceptors (Lipinski definition) is 8. The van der Waals surface area contributed by atoms with E-state index in [1.54, 1.807) is 4.68 Å². The lowest BCUT2D eigenvalue weighted by atomic mass is 9.82. The Labute approximate surface area is 279 Å². The first-order valence-electron chi connectivity index (χ1n) is 17.0. The maximum absolute atomic E-state index is 14.8. The second-order valence-electron chi connectivity index (χ2n) is 14.3. The summed E-state index contributed by atoms with van der Waals surface area (Å²) in [7, 11) is -2.85. The lowest BCUT2D eigenvalue weighted by Crippen LogP contribution is -2.46. The molecular formula is C35H52N6O5Si. The number of allylic oxidation sites excluding steroid dienone is 3. The van der Waals surface area contributed by atoms with Crippen molar-refractivity contribution in [2.45, 2.75) is 109 Å². The average molecular weight is 665 g/mol. The highest BCUT2D eigenvalue weighted by Crippen LogP contribution is 2.60. The summed E-state index contributed by atoms with van der Waals surface area (Å²) in [6.07, 6.45) is 10.3. The van der Waals surface area contributed by atoms with Crippen molar-refractivity contribution in [1.82, 2.24) is 20.3 Å². The number of ether oxygens (including phenoxy) is 1. The number of aliphatic hydroxyl groups excluding tert-OH is 1. The van der Waals surface area contributed by atoms with Gasteiger partial charge in [-0.15, -0.1) is 5.10 Å². The Morgan fingerprint density at radius 3 is 2.72 bits per heavy atom. The van der Waals surface area contributed by atoms with Gasteiger partial charge < -0.3 is 30.2 Å². The topological polar surface area (TPSA) is 142 Å². The molecule has 2 fully saturated rings. The molecule has 1 spiro atoms. The number of aromatic nitrogens is 3. The van der Waals surface area contributed by atoms with E-state index in [0.717, 1.165) is 43.5 Å². The van der Waals surface area contributed by atoms with Crippen LogP contribution in [-0.4, -0.2) is 76.9 Å². The number of nitrogens with one attached hydrogen (secondary N) is 2. The molecule has 1 aromatic carbocycles. The first-order chi connectivity index (χ1) is 22.3. The van der Waals surface area contributed by atoms with Crippen LogP contribution in [0.5, 0.6) is 0 Å². The quantitative estimate of drug-likeness (QED) is 0.182. The fraction of sp³-hybridized carbons (Fsp3) is 0.600. The number of amides is 2. The van der Waals surface area contributed by atoms with Crippen molar-refractivity contribution < 1.29 is 24.2 Å². The van der Waals surface area contributed by atoms with E-state index in [2.05, 4.69) is 53.9 Å². The van der Waals surface area contributed by atoms with Gasteiger partial charge in [-0.2, -0.15) is 0 Å². The molecule has 5 rings (SSSR count). The molecule has 2 aromatic rings. The van der Waals surface area contributed by atoms with Crippen LogP contribution in [0.15, 0.2) is 47.7 Å². The molecular weight excluding hydrogens is 613 g/mol. The predicted molar refractivity (Wildman–Crippen MR) is 185 cm³/mol. The van der Waals surface area contributed by atoms with Gasteiger partial charge in [0.05, 0.1) is 23.5 Å². The summed E-state index contributed by atoms with van der Waals surface area (Å²) in [6.45, 7) is 13.9. The number of aliphatic hydroxyl groups is 1. The van der Waals surface area contributed by atoms with E-state index in [9.17, 15) is 19.5 Å². The molecule has 1 aromatic heterocycles. The number of aryl methyl sites for hydroxylation is 1. The molecule has 12 heteroatoms. The van der Waals surface area contributed by atoms with Crippen LogP contribution >= 0.6 is 0 Å². The first-order valence-corrected chi connectivity index (χ1v) is 20.1. The van der Waals surface area contributed by atoms with Crippen LogP contribution in [0.2, 0.25) is 18.6 Å². The Morgan fingerprint density at radius 2 is 2.04 bits per heavy atom. The second kappa shape index (κ2) is 14.5. The highest BCUT2D eigenvalue weighted by Gasteiger charge is 2.66. The highest BCUT2D eigenvalue weighted by atomic mass is 28.4.